The van der Waals surface area contributed by atoms with Gasteiger partial charge >= 0.3 is 0 Å². The fourth-order valence-electron chi connectivity index (χ4n) is 2.97. The predicted molar refractivity (Wildman–Crippen MR) is 107 cm³/mol. The van der Waals surface area contributed by atoms with Crippen LogP contribution in [0.2, 0.25) is 0 Å². The highest BCUT2D eigenvalue weighted by Gasteiger charge is 2.03. The lowest BCUT2D eigenvalue weighted by atomic mass is 10.3. The van der Waals surface area contributed by atoms with Gasteiger partial charge in [-0.1, -0.05) is 0 Å². The molecule has 5 heterocycles. The van der Waals surface area contributed by atoms with Gasteiger partial charge in [0, 0.05) is 11.0 Å². The Kier molecular flexibility index (Phi) is 3.21. The Morgan fingerprint density at radius 3 is 1.52 bits per heavy atom. The second-order valence-corrected chi connectivity index (χ2v) is 6.78. The zero-order valence-electron chi connectivity index (χ0n) is 13.1. The van der Waals surface area contributed by atoms with E-state index < -0.39 is 0 Å². The fraction of sp³-hybridized carbons (Fsp3) is 0. The van der Waals surface area contributed by atoms with Gasteiger partial charge in [-0.05, 0) is 82.7 Å². The van der Waals surface area contributed by atoms with Gasteiger partial charge in [0.15, 0.2) is 0 Å². The number of aromatic nitrogens is 4. The van der Waals surface area contributed by atoms with Crippen molar-refractivity contribution in [1.29, 1.82) is 0 Å². The molecule has 0 amide bonds. The fourth-order valence-corrected chi connectivity index (χ4v) is 3.44. The van der Waals surface area contributed by atoms with E-state index in [1.807, 2.05) is 54.6 Å². The van der Waals surface area contributed by atoms with Crippen LogP contribution in [0.4, 0.5) is 0 Å². The molecule has 0 fully saturated rings. The number of hydrogen-bond acceptors (Lipinski definition) is 2. The number of H-pyrrole nitrogens is 2. The second kappa shape index (κ2) is 5.57. The summed E-state index contributed by atoms with van der Waals surface area (Å²) in [7, 11) is 0. The standard InChI is InChI=1S/C20H13BrN4/c21-20-18-7-5-16(24-18)10-14-3-1-12(22-14)9-13-2-4-15(23-13)11-17-6-8-19(20)25-17/h1-11,24-25H. The third kappa shape index (κ3) is 2.72. The molecule has 0 unspecified atom stereocenters. The van der Waals surface area contributed by atoms with E-state index in [0.717, 1.165) is 49.3 Å². The van der Waals surface area contributed by atoms with E-state index in [-0.39, 0.29) is 0 Å². The summed E-state index contributed by atoms with van der Waals surface area (Å²) in [4.78, 5) is 16.1. The molecule has 0 aliphatic carbocycles. The third-order valence-corrected chi connectivity index (χ3v) is 5.01. The molecule has 2 aliphatic heterocycles. The van der Waals surface area contributed by atoms with Crippen molar-refractivity contribution in [3.8, 4) is 0 Å². The molecular formula is C20H13BrN4. The highest BCUT2D eigenvalue weighted by atomic mass is 79.9. The predicted octanol–water partition coefficient (Wildman–Crippen LogP) is 5.42. The van der Waals surface area contributed by atoms with Crippen molar-refractivity contribution < 1.29 is 0 Å². The quantitative estimate of drug-likeness (QED) is 0.372. The zero-order valence-corrected chi connectivity index (χ0v) is 14.7. The van der Waals surface area contributed by atoms with Crippen LogP contribution in [0.1, 0.15) is 22.8 Å². The molecule has 0 saturated heterocycles. The molecule has 5 heteroatoms. The van der Waals surface area contributed by atoms with Gasteiger partial charge in [-0.25, -0.2) is 9.97 Å². The molecule has 25 heavy (non-hydrogen) atoms. The summed E-state index contributed by atoms with van der Waals surface area (Å²) in [6.45, 7) is 0. The molecule has 0 spiro atoms. The normalized spacial score (nSPS) is 12.7. The summed E-state index contributed by atoms with van der Waals surface area (Å²) < 4.78 is 0.986. The summed E-state index contributed by atoms with van der Waals surface area (Å²) in [6, 6.07) is 14.3. The molecule has 4 nitrogen and oxygen atoms in total. The number of halogens is 1. The van der Waals surface area contributed by atoms with Crippen molar-refractivity contribution in [3.63, 3.8) is 0 Å². The lowest BCUT2D eigenvalue weighted by Gasteiger charge is -1.89. The first-order valence-corrected chi connectivity index (χ1v) is 8.75. The topological polar surface area (TPSA) is 57.4 Å². The van der Waals surface area contributed by atoms with Gasteiger partial charge in [0.2, 0.25) is 0 Å². The maximum atomic E-state index is 4.63. The first kappa shape index (κ1) is 14.4. The van der Waals surface area contributed by atoms with Crippen LogP contribution < -0.4 is 0 Å². The highest BCUT2D eigenvalue weighted by molar-refractivity contribution is 9.10. The van der Waals surface area contributed by atoms with Crippen molar-refractivity contribution in [2.75, 3.05) is 0 Å². The van der Waals surface area contributed by atoms with Gasteiger partial charge in [0.25, 0.3) is 0 Å². The number of aromatic amines is 2. The summed E-state index contributed by atoms with van der Waals surface area (Å²) in [5.74, 6) is 0. The van der Waals surface area contributed by atoms with Gasteiger partial charge in [-0.15, -0.1) is 0 Å². The molecule has 0 atom stereocenters. The number of fused-ring (bicyclic) bond motifs is 8. The Labute approximate surface area is 152 Å². The molecule has 8 bridgehead atoms. The van der Waals surface area contributed by atoms with Crippen LogP contribution in [0, 0.1) is 0 Å². The first-order chi connectivity index (χ1) is 12.2. The molecule has 0 radical (unpaired) electrons. The summed E-state index contributed by atoms with van der Waals surface area (Å²) in [5, 5.41) is 0. The maximum absolute atomic E-state index is 4.63. The Hall–Kier alpha value is -2.92. The van der Waals surface area contributed by atoms with Crippen molar-refractivity contribution in [2.24, 2.45) is 0 Å². The van der Waals surface area contributed by atoms with Crippen molar-refractivity contribution in [1.82, 2.24) is 19.9 Å². The van der Waals surface area contributed by atoms with Crippen molar-refractivity contribution in [3.05, 3.63) is 69.7 Å². The molecule has 2 N–H and O–H groups in total. The smallest absolute Gasteiger partial charge is 0.0659 e. The summed E-state index contributed by atoms with van der Waals surface area (Å²) >= 11 is 3.69. The average Bonchev–Trinajstić information content (AvgIpc) is 3.36. The second-order valence-electron chi connectivity index (χ2n) is 5.99. The van der Waals surface area contributed by atoms with Crippen molar-refractivity contribution in [2.45, 2.75) is 0 Å². The third-order valence-electron chi connectivity index (χ3n) is 4.16. The average molecular weight is 389 g/mol. The van der Waals surface area contributed by atoms with Crippen LogP contribution in [-0.4, -0.2) is 19.9 Å². The largest absolute Gasteiger partial charge is 0.354 e. The van der Waals surface area contributed by atoms with E-state index in [0.29, 0.717) is 0 Å². The Bertz CT molecular complexity index is 1120. The first-order valence-electron chi connectivity index (χ1n) is 7.96. The van der Waals surface area contributed by atoms with Crippen LogP contribution in [0.15, 0.2) is 46.9 Å². The Morgan fingerprint density at radius 2 is 1.04 bits per heavy atom. The molecule has 0 saturated carbocycles. The SMILES string of the molecule is Brc1c2ccc(cc3nc(cc4nc(cc5ccc1[nH]5)C=C4)C=C3)[nH]2. The van der Waals surface area contributed by atoms with E-state index >= 15 is 0 Å². The molecule has 0 aromatic carbocycles. The lowest BCUT2D eigenvalue weighted by molar-refractivity contribution is 1.28. The van der Waals surface area contributed by atoms with E-state index in [1.165, 1.54) is 0 Å². The number of hydrogen-bond donors (Lipinski definition) is 2. The van der Waals surface area contributed by atoms with Crippen LogP contribution in [0.3, 0.4) is 0 Å². The van der Waals surface area contributed by atoms with E-state index in [4.69, 9.17) is 0 Å². The molecule has 3 aromatic heterocycles. The lowest BCUT2D eigenvalue weighted by Crippen LogP contribution is -1.77. The summed E-state index contributed by atoms with van der Waals surface area (Å²) in [6.07, 6.45) is 8.03. The monoisotopic (exact) mass is 388 g/mol. The molecule has 120 valence electrons. The minimum Gasteiger partial charge on any atom is -0.354 e. The molecule has 3 aromatic rings. The highest BCUT2D eigenvalue weighted by Crippen LogP contribution is 2.23. The van der Waals surface area contributed by atoms with Gasteiger partial charge in [0.1, 0.15) is 0 Å². The molecule has 5 rings (SSSR count). The minimum absolute atomic E-state index is 0.907. The minimum atomic E-state index is 0.907. The van der Waals surface area contributed by atoms with E-state index in [9.17, 15) is 0 Å². The van der Waals surface area contributed by atoms with E-state index in [2.05, 4.69) is 48.0 Å². The number of nitrogens with one attached hydrogen (secondary N) is 2. The summed E-state index contributed by atoms with van der Waals surface area (Å²) in [5.41, 5.74) is 7.70. The van der Waals surface area contributed by atoms with E-state index in [1.54, 1.807) is 0 Å². The van der Waals surface area contributed by atoms with Gasteiger partial charge in [0.05, 0.1) is 38.3 Å². The van der Waals surface area contributed by atoms with Crippen LogP contribution in [0.25, 0.3) is 46.4 Å². The van der Waals surface area contributed by atoms with Gasteiger partial charge in [-0.3, -0.25) is 0 Å². The zero-order chi connectivity index (χ0) is 16.8. The maximum Gasteiger partial charge on any atom is 0.0659 e. The van der Waals surface area contributed by atoms with Gasteiger partial charge < -0.3 is 9.97 Å². The Morgan fingerprint density at radius 1 is 0.600 bits per heavy atom. The number of rotatable bonds is 0. The number of nitrogens with zero attached hydrogens (tertiary/aromatic N) is 2. The van der Waals surface area contributed by atoms with Crippen LogP contribution in [0.5, 0.6) is 0 Å². The van der Waals surface area contributed by atoms with Crippen LogP contribution in [-0.2, 0) is 0 Å². The van der Waals surface area contributed by atoms with Gasteiger partial charge in [-0.2, -0.15) is 0 Å². The molecule has 2 aliphatic rings. The van der Waals surface area contributed by atoms with Crippen molar-refractivity contribution >= 4 is 62.3 Å². The van der Waals surface area contributed by atoms with Crippen LogP contribution >= 0.6 is 15.9 Å². The molecular weight excluding hydrogens is 376 g/mol. The Balaban J connectivity index is 1.88.